The van der Waals surface area contributed by atoms with Crippen LogP contribution in [0.5, 0.6) is 0 Å². The SMILES string of the molecule is COC(=O)[C@H](CCCCN)NC(=O)[C@H](Cc1ccccc1)NS(=O)(=O)c1ccc(C)cc1. The number of ether oxygens (including phenoxy) is 1. The van der Waals surface area contributed by atoms with Crippen LogP contribution in [0.3, 0.4) is 0 Å². The van der Waals surface area contributed by atoms with Crippen molar-refractivity contribution in [2.45, 2.75) is 49.6 Å². The molecule has 0 bridgehead atoms. The van der Waals surface area contributed by atoms with E-state index in [4.69, 9.17) is 10.5 Å². The number of carbonyl (C=O) groups excluding carboxylic acids is 2. The third-order valence-corrected chi connectivity index (χ3v) is 6.46. The van der Waals surface area contributed by atoms with Gasteiger partial charge >= 0.3 is 5.97 Å². The number of esters is 1. The smallest absolute Gasteiger partial charge is 0.328 e. The van der Waals surface area contributed by atoms with Gasteiger partial charge < -0.3 is 15.8 Å². The highest BCUT2D eigenvalue weighted by atomic mass is 32.2. The van der Waals surface area contributed by atoms with Gasteiger partial charge in [-0.2, -0.15) is 4.72 Å². The lowest BCUT2D eigenvalue weighted by Crippen LogP contribution is -2.52. The number of hydrogen-bond donors (Lipinski definition) is 3. The molecule has 0 saturated heterocycles. The Labute approximate surface area is 189 Å². The minimum Gasteiger partial charge on any atom is -0.467 e. The predicted molar refractivity (Wildman–Crippen MR) is 122 cm³/mol. The molecular formula is C23H31N3O5S. The summed E-state index contributed by atoms with van der Waals surface area (Å²) in [5.74, 6) is -1.19. The quantitative estimate of drug-likeness (QED) is 0.326. The number of benzene rings is 2. The minimum atomic E-state index is -3.97. The summed E-state index contributed by atoms with van der Waals surface area (Å²) >= 11 is 0. The number of nitrogens with two attached hydrogens (primary N) is 1. The van der Waals surface area contributed by atoms with Crippen molar-refractivity contribution in [3.8, 4) is 0 Å². The molecule has 32 heavy (non-hydrogen) atoms. The van der Waals surface area contributed by atoms with Crippen LogP contribution in [-0.2, 0) is 30.8 Å². The molecule has 9 heteroatoms. The van der Waals surface area contributed by atoms with Crippen molar-refractivity contribution in [3.05, 3.63) is 65.7 Å². The van der Waals surface area contributed by atoms with Crippen LogP contribution in [0.4, 0.5) is 0 Å². The zero-order valence-corrected chi connectivity index (χ0v) is 19.2. The van der Waals surface area contributed by atoms with Gasteiger partial charge in [0.2, 0.25) is 15.9 Å². The summed E-state index contributed by atoms with van der Waals surface area (Å²) in [6.07, 6.45) is 1.78. The van der Waals surface area contributed by atoms with Gasteiger partial charge in [-0.25, -0.2) is 13.2 Å². The Morgan fingerprint density at radius 2 is 1.66 bits per heavy atom. The Morgan fingerprint density at radius 1 is 1.00 bits per heavy atom. The van der Waals surface area contributed by atoms with Crippen molar-refractivity contribution in [1.82, 2.24) is 10.0 Å². The Kier molecular flexibility index (Phi) is 9.83. The third-order valence-electron chi connectivity index (χ3n) is 4.98. The number of amides is 1. The average molecular weight is 462 g/mol. The van der Waals surface area contributed by atoms with Crippen LogP contribution in [0.15, 0.2) is 59.5 Å². The topological polar surface area (TPSA) is 128 Å². The lowest BCUT2D eigenvalue weighted by Gasteiger charge is -2.22. The van der Waals surface area contributed by atoms with E-state index in [1.54, 1.807) is 24.3 Å². The van der Waals surface area contributed by atoms with Gasteiger partial charge in [-0.15, -0.1) is 0 Å². The van der Waals surface area contributed by atoms with E-state index in [1.165, 1.54) is 19.2 Å². The Morgan fingerprint density at radius 3 is 2.25 bits per heavy atom. The number of aryl methyl sites for hydroxylation is 1. The monoisotopic (exact) mass is 461 g/mol. The molecule has 1 amide bonds. The van der Waals surface area contributed by atoms with Crippen LogP contribution in [0.2, 0.25) is 0 Å². The Hall–Kier alpha value is -2.75. The molecule has 0 fully saturated rings. The lowest BCUT2D eigenvalue weighted by atomic mass is 10.0. The number of rotatable bonds is 12. The van der Waals surface area contributed by atoms with E-state index in [0.717, 1.165) is 11.1 Å². The molecule has 2 aromatic rings. The zero-order chi connectivity index (χ0) is 23.6. The molecule has 174 valence electrons. The second-order valence-electron chi connectivity index (χ2n) is 7.55. The second-order valence-corrected chi connectivity index (χ2v) is 9.26. The highest BCUT2D eigenvalue weighted by molar-refractivity contribution is 7.89. The van der Waals surface area contributed by atoms with E-state index in [0.29, 0.717) is 25.8 Å². The first kappa shape index (κ1) is 25.5. The summed E-state index contributed by atoms with van der Waals surface area (Å²) in [5.41, 5.74) is 7.21. The third kappa shape index (κ3) is 7.74. The van der Waals surface area contributed by atoms with Gasteiger partial charge in [0, 0.05) is 0 Å². The highest BCUT2D eigenvalue weighted by Gasteiger charge is 2.29. The molecule has 8 nitrogen and oxygen atoms in total. The van der Waals surface area contributed by atoms with Crippen molar-refractivity contribution in [3.63, 3.8) is 0 Å². The first-order chi connectivity index (χ1) is 15.3. The molecule has 0 spiro atoms. The molecule has 0 heterocycles. The van der Waals surface area contributed by atoms with Gasteiger partial charge in [0.25, 0.3) is 0 Å². The van der Waals surface area contributed by atoms with Crippen LogP contribution < -0.4 is 15.8 Å². The first-order valence-corrected chi connectivity index (χ1v) is 12.0. The Bertz CT molecular complexity index is 978. The van der Waals surface area contributed by atoms with Crippen molar-refractivity contribution in [2.24, 2.45) is 5.73 Å². The predicted octanol–water partition coefficient (Wildman–Crippen LogP) is 1.67. The van der Waals surface area contributed by atoms with E-state index in [9.17, 15) is 18.0 Å². The van der Waals surface area contributed by atoms with Crippen LogP contribution in [0.25, 0.3) is 0 Å². The maximum absolute atomic E-state index is 13.1. The molecular weight excluding hydrogens is 430 g/mol. The molecule has 0 aliphatic carbocycles. The van der Waals surface area contributed by atoms with Crippen LogP contribution in [-0.4, -0.2) is 46.0 Å². The number of carbonyl (C=O) groups is 2. The molecule has 2 rings (SSSR count). The summed E-state index contributed by atoms with van der Waals surface area (Å²) in [7, 11) is -2.73. The standard InChI is InChI=1S/C23H31N3O5S/c1-17-11-13-19(14-12-17)32(29,30)26-21(16-18-8-4-3-5-9-18)22(27)25-20(23(28)31-2)10-6-7-15-24/h3-5,8-9,11-14,20-21,26H,6-7,10,15-16,24H2,1-2H3,(H,25,27)/t20-,21-/m0/s1. The number of unbranched alkanes of at least 4 members (excludes halogenated alkanes) is 1. The lowest BCUT2D eigenvalue weighted by molar-refractivity contribution is -0.145. The number of nitrogens with one attached hydrogen (secondary N) is 2. The summed E-state index contributed by atoms with van der Waals surface area (Å²) in [6.45, 7) is 2.32. The van der Waals surface area contributed by atoms with Crippen LogP contribution in [0.1, 0.15) is 30.4 Å². The van der Waals surface area contributed by atoms with Gasteiger partial charge in [-0.1, -0.05) is 48.0 Å². The second kappa shape index (κ2) is 12.3. The summed E-state index contributed by atoms with van der Waals surface area (Å²) in [4.78, 5) is 25.3. The van der Waals surface area contributed by atoms with E-state index in [-0.39, 0.29) is 11.3 Å². The zero-order valence-electron chi connectivity index (χ0n) is 18.4. The summed E-state index contributed by atoms with van der Waals surface area (Å²) in [6, 6.07) is 13.4. The molecule has 0 aromatic heterocycles. The van der Waals surface area contributed by atoms with E-state index in [2.05, 4.69) is 10.0 Å². The van der Waals surface area contributed by atoms with Gasteiger partial charge in [-0.3, -0.25) is 4.79 Å². The van der Waals surface area contributed by atoms with Crippen LogP contribution >= 0.6 is 0 Å². The van der Waals surface area contributed by atoms with Crippen LogP contribution in [0, 0.1) is 6.92 Å². The summed E-state index contributed by atoms with van der Waals surface area (Å²) in [5, 5.41) is 2.65. The Balaban J connectivity index is 2.25. The minimum absolute atomic E-state index is 0.0569. The van der Waals surface area contributed by atoms with Gasteiger partial charge in [-0.05, 0) is 56.8 Å². The molecule has 0 aliphatic rings. The largest absolute Gasteiger partial charge is 0.467 e. The van der Waals surface area contributed by atoms with E-state index < -0.39 is 34.0 Å². The number of methoxy groups -OCH3 is 1. The molecule has 0 radical (unpaired) electrons. The van der Waals surface area contributed by atoms with Gasteiger partial charge in [0.1, 0.15) is 12.1 Å². The highest BCUT2D eigenvalue weighted by Crippen LogP contribution is 2.13. The van der Waals surface area contributed by atoms with Crippen molar-refractivity contribution in [1.29, 1.82) is 0 Å². The van der Waals surface area contributed by atoms with E-state index >= 15 is 0 Å². The number of sulfonamides is 1. The maximum Gasteiger partial charge on any atom is 0.328 e. The van der Waals surface area contributed by atoms with Gasteiger partial charge in [0.05, 0.1) is 12.0 Å². The molecule has 0 aliphatic heterocycles. The molecule has 0 unspecified atom stereocenters. The van der Waals surface area contributed by atoms with E-state index in [1.807, 2.05) is 25.1 Å². The van der Waals surface area contributed by atoms with Crippen molar-refractivity contribution < 1.29 is 22.7 Å². The van der Waals surface area contributed by atoms with Crippen molar-refractivity contribution in [2.75, 3.05) is 13.7 Å². The number of hydrogen-bond acceptors (Lipinski definition) is 6. The first-order valence-electron chi connectivity index (χ1n) is 10.5. The molecule has 4 N–H and O–H groups in total. The fourth-order valence-electron chi connectivity index (χ4n) is 3.17. The normalized spacial score (nSPS) is 13.2. The van der Waals surface area contributed by atoms with Gasteiger partial charge in [0.15, 0.2) is 0 Å². The molecule has 2 atom stereocenters. The maximum atomic E-state index is 13.1. The molecule has 0 saturated carbocycles. The molecule has 2 aromatic carbocycles. The fourth-order valence-corrected chi connectivity index (χ4v) is 4.36. The fraction of sp³-hybridized carbons (Fsp3) is 0.391. The van der Waals surface area contributed by atoms with Crippen molar-refractivity contribution >= 4 is 21.9 Å². The average Bonchev–Trinajstić information content (AvgIpc) is 2.78. The summed E-state index contributed by atoms with van der Waals surface area (Å²) < 4.78 is 33.2.